The lowest BCUT2D eigenvalue weighted by atomic mass is 9.99. The van der Waals surface area contributed by atoms with Gasteiger partial charge in [0.15, 0.2) is 0 Å². The Morgan fingerprint density at radius 1 is 1.20 bits per heavy atom. The number of sulfonamides is 1. The van der Waals surface area contributed by atoms with Crippen LogP contribution in [0.4, 0.5) is 5.69 Å². The second-order valence-electron chi connectivity index (χ2n) is 7.52. The lowest BCUT2D eigenvalue weighted by molar-refractivity contribution is -0.115. The summed E-state index contributed by atoms with van der Waals surface area (Å²) in [6.07, 6.45) is 2.00. The van der Waals surface area contributed by atoms with Crippen LogP contribution in [0.3, 0.4) is 0 Å². The SMILES string of the molecule is Cc1ccc(-c2nc(CC(=O)Nc3cccc4c3CCN(S(C)(=O)=O)C4)cs2)cc1. The van der Waals surface area contributed by atoms with Crippen LogP contribution in [-0.2, 0) is 34.2 Å². The van der Waals surface area contributed by atoms with Crippen LogP contribution in [0, 0.1) is 6.92 Å². The van der Waals surface area contributed by atoms with E-state index < -0.39 is 10.0 Å². The van der Waals surface area contributed by atoms with Crippen molar-refractivity contribution in [1.29, 1.82) is 0 Å². The van der Waals surface area contributed by atoms with Gasteiger partial charge in [-0.3, -0.25) is 4.79 Å². The van der Waals surface area contributed by atoms with Gasteiger partial charge in [0.2, 0.25) is 15.9 Å². The second kappa shape index (κ2) is 8.29. The number of carbonyl (C=O) groups excluding carboxylic acids is 1. The maximum atomic E-state index is 12.6. The normalized spacial score (nSPS) is 14.3. The fourth-order valence-corrected chi connectivity index (χ4v) is 5.18. The van der Waals surface area contributed by atoms with Crippen molar-refractivity contribution in [3.05, 3.63) is 70.2 Å². The lowest BCUT2D eigenvalue weighted by Gasteiger charge is -2.28. The van der Waals surface area contributed by atoms with E-state index >= 15 is 0 Å². The number of nitrogens with zero attached hydrogens (tertiary/aromatic N) is 2. The molecule has 1 aliphatic heterocycles. The van der Waals surface area contributed by atoms with Gasteiger partial charge < -0.3 is 5.32 Å². The Hall–Kier alpha value is -2.55. The number of amides is 1. The molecule has 30 heavy (non-hydrogen) atoms. The summed E-state index contributed by atoms with van der Waals surface area (Å²) >= 11 is 1.53. The van der Waals surface area contributed by atoms with Gasteiger partial charge in [-0.2, -0.15) is 4.31 Å². The van der Waals surface area contributed by atoms with Crippen molar-refractivity contribution in [2.24, 2.45) is 0 Å². The molecule has 0 radical (unpaired) electrons. The van der Waals surface area contributed by atoms with Gasteiger partial charge in [0, 0.05) is 29.7 Å². The highest BCUT2D eigenvalue weighted by atomic mass is 32.2. The molecule has 6 nitrogen and oxygen atoms in total. The minimum Gasteiger partial charge on any atom is -0.325 e. The molecule has 1 aromatic heterocycles. The van der Waals surface area contributed by atoms with Crippen LogP contribution < -0.4 is 5.32 Å². The van der Waals surface area contributed by atoms with Crippen LogP contribution in [0.2, 0.25) is 0 Å². The number of aromatic nitrogens is 1. The molecular weight excluding hydrogens is 418 g/mol. The van der Waals surface area contributed by atoms with Crippen molar-refractivity contribution in [2.45, 2.75) is 26.3 Å². The summed E-state index contributed by atoms with van der Waals surface area (Å²) in [7, 11) is -3.23. The van der Waals surface area contributed by atoms with Crippen LogP contribution in [0.15, 0.2) is 47.8 Å². The van der Waals surface area contributed by atoms with E-state index in [9.17, 15) is 13.2 Å². The zero-order valence-electron chi connectivity index (χ0n) is 16.9. The highest BCUT2D eigenvalue weighted by Gasteiger charge is 2.25. The minimum atomic E-state index is -3.23. The smallest absolute Gasteiger partial charge is 0.230 e. The van der Waals surface area contributed by atoms with Crippen molar-refractivity contribution < 1.29 is 13.2 Å². The third kappa shape index (κ3) is 4.61. The summed E-state index contributed by atoms with van der Waals surface area (Å²) in [4.78, 5) is 17.2. The van der Waals surface area contributed by atoms with Crippen LogP contribution >= 0.6 is 11.3 Å². The molecule has 0 saturated heterocycles. The van der Waals surface area contributed by atoms with Gasteiger partial charge in [0.1, 0.15) is 5.01 Å². The van der Waals surface area contributed by atoms with Crippen LogP contribution in [0.5, 0.6) is 0 Å². The summed E-state index contributed by atoms with van der Waals surface area (Å²) in [6, 6.07) is 13.8. The van der Waals surface area contributed by atoms with Gasteiger partial charge in [0.25, 0.3) is 0 Å². The lowest BCUT2D eigenvalue weighted by Crippen LogP contribution is -2.35. The van der Waals surface area contributed by atoms with Gasteiger partial charge in [-0.05, 0) is 30.5 Å². The first-order chi connectivity index (χ1) is 14.3. The Bertz CT molecular complexity index is 1180. The molecule has 1 amide bonds. The first kappa shape index (κ1) is 20.7. The molecule has 0 unspecified atom stereocenters. The summed E-state index contributed by atoms with van der Waals surface area (Å²) in [5, 5.41) is 5.80. The fourth-order valence-electron chi connectivity index (χ4n) is 3.56. The highest BCUT2D eigenvalue weighted by molar-refractivity contribution is 7.88. The summed E-state index contributed by atoms with van der Waals surface area (Å²) in [5.74, 6) is -0.130. The van der Waals surface area contributed by atoms with Crippen molar-refractivity contribution >= 4 is 33.0 Å². The summed E-state index contributed by atoms with van der Waals surface area (Å²) < 4.78 is 25.1. The Labute approximate surface area is 180 Å². The van der Waals surface area contributed by atoms with Crippen molar-refractivity contribution in [2.75, 3.05) is 18.1 Å². The van der Waals surface area contributed by atoms with Crippen LogP contribution in [0.1, 0.15) is 22.4 Å². The summed E-state index contributed by atoms with van der Waals surface area (Å²) in [5.41, 5.74) is 5.66. The van der Waals surface area contributed by atoms with Gasteiger partial charge in [0.05, 0.1) is 18.4 Å². The van der Waals surface area contributed by atoms with E-state index in [0.29, 0.717) is 19.5 Å². The molecule has 8 heteroatoms. The molecule has 0 bridgehead atoms. The standard InChI is InChI=1S/C22H23N3O3S2/c1-15-6-8-16(9-7-15)22-23-18(14-29-22)12-21(26)24-20-5-3-4-17-13-25(30(2,27)28)11-10-19(17)20/h3-9,14H,10-13H2,1-2H3,(H,24,26). The number of hydrogen-bond donors (Lipinski definition) is 1. The largest absolute Gasteiger partial charge is 0.325 e. The molecule has 1 aliphatic rings. The Morgan fingerprint density at radius 3 is 2.70 bits per heavy atom. The maximum absolute atomic E-state index is 12.6. The molecule has 0 saturated carbocycles. The molecule has 1 N–H and O–H groups in total. The van der Waals surface area contributed by atoms with Crippen LogP contribution in [-0.4, -0.2) is 36.4 Å². The second-order valence-corrected chi connectivity index (χ2v) is 10.4. The third-order valence-electron chi connectivity index (χ3n) is 5.17. The number of anilines is 1. The molecule has 4 rings (SSSR count). The monoisotopic (exact) mass is 441 g/mol. The zero-order chi connectivity index (χ0) is 21.3. The van der Waals surface area contributed by atoms with E-state index in [-0.39, 0.29) is 12.3 Å². The van der Waals surface area contributed by atoms with Crippen molar-refractivity contribution in [3.8, 4) is 10.6 Å². The van der Waals surface area contributed by atoms with E-state index in [4.69, 9.17) is 0 Å². The first-order valence-corrected chi connectivity index (χ1v) is 12.4. The molecule has 0 spiro atoms. The molecule has 0 aliphatic carbocycles. The number of fused-ring (bicyclic) bond motifs is 1. The van der Waals surface area contributed by atoms with Crippen molar-refractivity contribution in [1.82, 2.24) is 9.29 Å². The molecule has 2 aromatic carbocycles. The fraction of sp³-hybridized carbons (Fsp3) is 0.273. The van der Waals surface area contributed by atoms with E-state index in [1.807, 2.05) is 54.8 Å². The molecule has 0 atom stereocenters. The topological polar surface area (TPSA) is 79.4 Å². The number of carbonyl (C=O) groups is 1. The predicted octanol–water partition coefficient (Wildman–Crippen LogP) is 3.62. The van der Waals surface area contributed by atoms with Gasteiger partial charge >= 0.3 is 0 Å². The molecule has 0 fully saturated rings. The van der Waals surface area contributed by atoms with E-state index in [2.05, 4.69) is 10.3 Å². The third-order valence-corrected chi connectivity index (χ3v) is 7.36. The van der Waals surface area contributed by atoms with Gasteiger partial charge in [-0.15, -0.1) is 11.3 Å². The Morgan fingerprint density at radius 2 is 1.97 bits per heavy atom. The molecule has 156 valence electrons. The highest BCUT2D eigenvalue weighted by Crippen LogP contribution is 2.28. The minimum absolute atomic E-state index is 0.130. The Balaban J connectivity index is 1.45. The summed E-state index contributed by atoms with van der Waals surface area (Å²) in [6.45, 7) is 2.80. The molecular formula is C22H23N3O3S2. The maximum Gasteiger partial charge on any atom is 0.230 e. The molecule has 3 aromatic rings. The average molecular weight is 442 g/mol. The van der Waals surface area contributed by atoms with Crippen molar-refractivity contribution in [3.63, 3.8) is 0 Å². The number of nitrogens with one attached hydrogen (secondary N) is 1. The van der Waals surface area contributed by atoms with E-state index in [1.165, 1.54) is 27.5 Å². The number of thiazole rings is 1. The number of rotatable bonds is 5. The average Bonchev–Trinajstić information content (AvgIpc) is 3.16. The number of aryl methyl sites for hydroxylation is 1. The Kier molecular flexibility index (Phi) is 5.73. The van der Waals surface area contributed by atoms with Gasteiger partial charge in [-0.25, -0.2) is 13.4 Å². The van der Waals surface area contributed by atoms with E-state index in [0.717, 1.165) is 33.1 Å². The number of hydrogen-bond acceptors (Lipinski definition) is 5. The van der Waals surface area contributed by atoms with Gasteiger partial charge in [-0.1, -0.05) is 42.0 Å². The number of benzene rings is 2. The van der Waals surface area contributed by atoms with E-state index in [1.54, 1.807) is 0 Å². The molecule has 2 heterocycles. The first-order valence-electron chi connectivity index (χ1n) is 9.67. The quantitative estimate of drug-likeness (QED) is 0.656. The van der Waals surface area contributed by atoms with Crippen LogP contribution in [0.25, 0.3) is 10.6 Å². The predicted molar refractivity (Wildman–Crippen MR) is 120 cm³/mol. The zero-order valence-corrected chi connectivity index (χ0v) is 18.5.